The van der Waals surface area contributed by atoms with Crippen LogP contribution in [0.15, 0.2) is 24.3 Å². The van der Waals surface area contributed by atoms with Gasteiger partial charge < -0.3 is 15.0 Å². The first-order valence-electron chi connectivity index (χ1n) is 8.47. The van der Waals surface area contributed by atoms with E-state index in [0.717, 1.165) is 43.5 Å². The highest BCUT2D eigenvalue weighted by atomic mass is 16.5. The molecule has 2 aliphatic heterocycles. The van der Waals surface area contributed by atoms with Gasteiger partial charge in [-0.15, -0.1) is 0 Å². The van der Waals surface area contributed by atoms with Crippen LogP contribution in [0.1, 0.15) is 39.0 Å². The molecule has 0 spiro atoms. The highest BCUT2D eigenvalue weighted by Crippen LogP contribution is 2.25. The van der Waals surface area contributed by atoms with E-state index in [4.69, 9.17) is 4.74 Å². The van der Waals surface area contributed by atoms with Gasteiger partial charge in [-0.2, -0.15) is 0 Å². The van der Waals surface area contributed by atoms with Gasteiger partial charge >= 0.3 is 0 Å². The second-order valence-corrected chi connectivity index (χ2v) is 6.53. The van der Waals surface area contributed by atoms with E-state index < -0.39 is 0 Å². The maximum Gasteiger partial charge on any atom is 0.227 e. The molecule has 2 heterocycles. The van der Waals surface area contributed by atoms with E-state index in [1.165, 1.54) is 19.3 Å². The molecular formula is C18H26N2O2. The van der Waals surface area contributed by atoms with Crippen molar-refractivity contribution in [3.8, 4) is 0 Å². The van der Waals surface area contributed by atoms with Gasteiger partial charge in [0.25, 0.3) is 0 Å². The smallest absolute Gasteiger partial charge is 0.227 e. The minimum Gasteiger partial charge on any atom is -0.383 e. The average molecular weight is 302 g/mol. The fourth-order valence-electron chi connectivity index (χ4n) is 3.48. The first-order chi connectivity index (χ1) is 10.7. The predicted octanol–water partition coefficient (Wildman–Crippen LogP) is 3.43. The van der Waals surface area contributed by atoms with Crippen molar-refractivity contribution in [3.05, 3.63) is 24.3 Å². The third-order valence-corrected chi connectivity index (χ3v) is 4.69. The summed E-state index contributed by atoms with van der Waals surface area (Å²) >= 11 is 0. The zero-order valence-electron chi connectivity index (χ0n) is 13.4. The van der Waals surface area contributed by atoms with Gasteiger partial charge in [0.05, 0.1) is 0 Å². The Hall–Kier alpha value is -1.55. The molecule has 120 valence electrons. The van der Waals surface area contributed by atoms with E-state index in [9.17, 15) is 4.79 Å². The van der Waals surface area contributed by atoms with Crippen LogP contribution < -0.4 is 10.2 Å². The summed E-state index contributed by atoms with van der Waals surface area (Å²) in [4.78, 5) is 13.6. The number of nitrogens with one attached hydrogen (secondary N) is 1. The van der Waals surface area contributed by atoms with Gasteiger partial charge in [0, 0.05) is 43.6 Å². The summed E-state index contributed by atoms with van der Waals surface area (Å²) in [7, 11) is 0. The average Bonchev–Trinajstić information content (AvgIpc) is 2.95. The molecule has 22 heavy (non-hydrogen) atoms. The molecule has 1 aromatic rings. The Balaban J connectivity index is 1.52. The quantitative estimate of drug-likeness (QED) is 0.906. The summed E-state index contributed by atoms with van der Waals surface area (Å²) in [5.74, 6) is 1.02. The van der Waals surface area contributed by atoms with Gasteiger partial charge in [0.15, 0.2) is 0 Å². The van der Waals surface area contributed by atoms with E-state index in [2.05, 4.69) is 24.4 Å². The van der Waals surface area contributed by atoms with Gasteiger partial charge in [-0.25, -0.2) is 0 Å². The molecule has 0 aliphatic carbocycles. The summed E-state index contributed by atoms with van der Waals surface area (Å²) in [5, 5.41) is 3.57. The molecule has 4 nitrogen and oxygen atoms in total. The summed E-state index contributed by atoms with van der Waals surface area (Å²) < 4.78 is 5.42. The third kappa shape index (κ3) is 3.80. The molecule has 1 aromatic carbocycles. The summed E-state index contributed by atoms with van der Waals surface area (Å²) in [6.45, 7) is 4.92. The zero-order chi connectivity index (χ0) is 15.4. The van der Waals surface area contributed by atoms with Gasteiger partial charge in [0.1, 0.15) is 0 Å². The van der Waals surface area contributed by atoms with Crippen LogP contribution in [0.4, 0.5) is 11.4 Å². The summed E-state index contributed by atoms with van der Waals surface area (Å²) in [6, 6.07) is 8.73. The monoisotopic (exact) mass is 302 g/mol. The van der Waals surface area contributed by atoms with E-state index in [0.29, 0.717) is 12.5 Å². The molecule has 4 heteroatoms. The van der Waals surface area contributed by atoms with Gasteiger partial charge in [0.2, 0.25) is 5.91 Å². The molecule has 0 radical (unpaired) electrons. The largest absolute Gasteiger partial charge is 0.383 e. The molecule has 0 aromatic heterocycles. The van der Waals surface area contributed by atoms with Crippen LogP contribution in [0.25, 0.3) is 0 Å². The van der Waals surface area contributed by atoms with Gasteiger partial charge in [-0.1, -0.05) is 0 Å². The molecule has 0 unspecified atom stereocenters. The van der Waals surface area contributed by atoms with Crippen LogP contribution in [0, 0.1) is 5.92 Å². The summed E-state index contributed by atoms with van der Waals surface area (Å²) in [6.07, 6.45) is 5.21. The van der Waals surface area contributed by atoms with Crippen LogP contribution in [-0.2, 0) is 9.53 Å². The number of anilines is 2. The lowest BCUT2D eigenvalue weighted by Crippen LogP contribution is -2.24. The highest BCUT2D eigenvalue weighted by molar-refractivity contribution is 5.95. The van der Waals surface area contributed by atoms with Crippen LogP contribution >= 0.6 is 0 Å². The molecule has 2 aliphatic rings. The number of rotatable bonds is 5. The van der Waals surface area contributed by atoms with Gasteiger partial charge in [-0.3, -0.25) is 4.79 Å². The lowest BCUT2D eigenvalue weighted by Gasteiger charge is -2.26. The molecule has 3 rings (SSSR count). The minimum atomic E-state index is 0.244. The molecule has 2 saturated heterocycles. The van der Waals surface area contributed by atoms with Crippen molar-refractivity contribution in [2.45, 2.75) is 45.1 Å². The number of amides is 1. The lowest BCUT2D eigenvalue weighted by molar-refractivity contribution is -0.117. The van der Waals surface area contributed by atoms with Crippen molar-refractivity contribution in [1.82, 2.24) is 0 Å². The predicted molar refractivity (Wildman–Crippen MR) is 89.3 cm³/mol. The zero-order valence-corrected chi connectivity index (χ0v) is 13.4. The fraction of sp³-hybridized carbons (Fsp3) is 0.611. The first kappa shape index (κ1) is 15.3. The van der Waals surface area contributed by atoms with Crippen molar-refractivity contribution >= 4 is 17.3 Å². The third-order valence-electron chi connectivity index (χ3n) is 4.69. The van der Waals surface area contributed by atoms with E-state index >= 15 is 0 Å². The number of benzene rings is 1. The minimum absolute atomic E-state index is 0.244. The molecule has 0 bridgehead atoms. The Labute approximate surface area is 132 Å². The van der Waals surface area contributed by atoms with Crippen molar-refractivity contribution < 1.29 is 9.53 Å². The summed E-state index contributed by atoms with van der Waals surface area (Å²) in [5.41, 5.74) is 2.15. The van der Waals surface area contributed by atoms with E-state index in [1.807, 2.05) is 17.0 Å². The Bertz CT molecular complexity index is 494. The lowest BCUT2D eigenvalue weighted by atomic mass is 9.93. The number of hydrogen-bond acceptors (Lipinski definition) is 3. The van der Waals surface area contributed by atoms with Crippen molar-refractivity contribution in [3.63, 3.8) is 0 Å². The van der Waals surface area contributed by atoms with Crippen LogP contribution in [0.5, 0.6) is 0 Å². The Morgan fingerprint density at radius 1 is 1.27 bits per heavy atom. The second kappa shape index (κ2) is 7.14. The van der Waals surface area contributed by atoms with Gasteiger partial charge in [-0.05, 0) is 62.8 Å². The normalized spacial score (nSPS) is 21.1. The second-order valence-electron chi connectivity index (χ2n) is 6.53. The number of carbonyl (C=O) groups is 1. The Morgan fingerprint density at radius 3 is 2.64 bits per heavy atom. The van der Waals surface area contributed by atoms with E-state index in [1.54, 1.807) is 0 Å². The first-order valence-corrected chi connectivity index (χ1v) is 8.47. The molecule has 2 fully saturated rings. The number of hydrogen-bond donors (Lipinski definition) is 1. The SMILES string of the molecule is C[C@H](CC1CCOCC1)Nc1ccc(N2CCCC2=O)cc1. The highest BCUT2D eigenvalue weighted by Gasteiger charge is 2.21. The molecule has 0 saturated carbocycles. The maximum absolute atomic E-state index is 11.8. The number of nitrogens with zero attached hydrogens (tertiary/aromatic N) is 1. The van der Waals surface area contributed by atoms with Crippen molar-refractivity contribution in [1.29, 1.82) is 0 Å². The Morgan fingerprint density at radius 2 is 2.00 bits per heavy atom. The van der Waals surface area contributed by atoms with Crippen molar-refractivity contribution in [2.75, 3.05) is 30.0 Å². The number of carbonyl (C=O) groups excluding carboxylic acids is 1. The number of ether oxygens (including phenoxy) is 1. The molecule has 1 N–H and O–H groups in total. The van der Waals surface area contributed by atoms with E-state index in [-0.39, 0.29) is 5.91 Å². The topological polar surface area (TPSA) is 41.6 Å². The molecular weight excluding hydrogens is 276 g/mol. The molecule has 1 amide bonds. The van der Waals surface area contributed by atoms with Crippen LogP contribution in [0.2, 0.25) is 0 Å². The standard InChI is InChI=1S/C18H26N2O2/c1-14(13-15-8-11-22-12-9-15)19-16-4-6-17(7-5-16)20-10-2-3-18(20)21/h4-7,14-15,19H,2-3,8-13H2,1H3/t14-/m1/s1. The fourth-order valence-corrected chi connectivity index (χ4v) is 3.48. The molecule has 1 atom stereocenters. The van der Waals surface area contributed by atoms with Crippen LogP contribution in [-0.4, -0.2) is 31.7 Å². The Kier molecular flexibility index (Phi) is 4.98. The van der Waals surface area contributed by atoms with Crippen LogP contribution in [0.3, 0.4) is 0 Å². The maximum atomic E-state index is 11.8. The van der Waals surface area contributed by atoms with Crippen molar-refractivity contribution in [2.24, 2.45) is 5.92 Å².